The summed E-state index contributed by atoms with van der Waals surface area (Å²) in [4.78, 5) is 17.1. The third-order valence-corrected chi connectivity index (χ3v) is 5.13. The van der Waals surface area contributed by atoms with Crippen molar-refractivity contribution in [1.82, 2.24) is 5.32 Å². The van der Waals surface area contributed by atoms with Gasteiger partial charge in [-0.15, -0.1) is 0 Å². The van der Waals surface area contributed by atoms with E-state index in [9.17, 15) is 18.7 Å². The first-order valence-electron chi connectivity index (χ1n) is 9.10. The van der Waals surface area contributed by atoms with Crippen molar-refractivity contribution < 1.29 is 28.2 Å². The van der Waals surface area contributed by atoms with Crippen LogP contribution in [-0.4, -0.2) is 47.8 Å². The van der Waals surface area contributed by atoms with Crippen molar-refractivity contribution in [3.8, 4) is 5.75 Å². The van der Waals surface area contributed by atoms with Gasteiger partial charge >= 0.3 is 0 Å². The lowest BCUT2D eigenvalue weighted by molar-refractivity contribution is -0.118. The Hall–Kier alpha value is -2.74. The van der Waals surface area contributed by atoms with Gasteiger partial charge in [-0.05, 0) is 50.1 Å². The fourth-order valence-corrected chi connectivity index (χ4v) is 3.53. The number of benzene rings is 1. The van der Waals surface area contributed by atoms with Gasteiger partial charge in [0.15, 0.2) is 17.4 Å². The molecule has 0 spiro atoms. The molecular weight excluding hydrogens is 370 g/mol. The molecule has 1 aromatic carbocycles. The van der Waals surface area contributed by atoms with Crippen molar-refractivity contribution >= 4 is 11.8 Å². The molecule has 1 amide bonds. The molecular formula is C20H20F2N2O4. The molecule has 0 bridgehead atoms. The number of carbonyl (C=O) groups is 1. The molecule has 3 aliphatic rings. The van der Waals surface area contributed by atoms with Crippen LogP contribution in [0.4, 0.5) is 8.78 Å². The van der Waals surface area contributed by atoms with E-state index in [1.807, 2.05) is 0 Å². The van der Waals surface area contributed by atoms with Gasteiger partial charge in [-0.2, -0.15) is 4.39 Å². The van der Waals surface area contributed by atoms with Gasteiger partial charge in [0.1, 0.15) is 11.6 Å². The third-order valence-electron chi connectivity index (χ3n) is 5.13. The monoisotopic (exact) mass is 390 g/mol. The maximum Gasteiger partial charge on any atom is 0.251 e. The number of phenolic OH excluding ortho intramolecular Hbond substituents is 1. The molecule has 1 aliphatic carbocycles. The summed E-state index contributed by atoms with van der Waals surface area (Å²) in [5, 5.41) is 12.5. The minimum atomic E-state index is -1.32. The fourth-order valence-electron chi connectivity index (χ4n) is 3.53. The first-order chi connectivity index (χ1) is 13.4. The van der Waals surface area contributed by atoms with E-state index in [-0.39, 0.29) is 23.4 Å². The van der Waals surface area contributed by atoms with Gasteiger partial charge in [-0.3, -0.25) is 4.79 Å². The molecule has 28 heavy (non-hydrogen) atoms. The second kappa shape index (κ2) is 7.01. The lowest BCUT2D eigenvalue weighted by Gasteiger charge is -2.27. The van der Waals surface area contributed by atoms with E-state index in [2.05, 4.69) is 10.3 Å². The number of aromatic hydroxyl groups is 1. The SMILES string of the molecule is CC12C=C(C(=O)NC3CCOCC3)C=CC1OC(c1cc(O)c(F)c(F)c1)=N2. The van der Waals surface area contributed by atoms with E-state index in [0.29, 0.717) is 18.8 Å². The van der Waals surface area contributed by atoms with Crippen molar-refractivity contribution in [3.63, 3.8) is 0 Å². The van der Waals surface area contributed by atoms with Crippen LogP contribution < -0.4 is 5.32 Å². The second-order valence-corrected chi connectivity index (χ2v) is 7.29. The van der Waals surface area contributed by atoms with Gasteiger partial charge in [0, 0.05) is 30.4 Å². The predicted octanol–water partition coefficient (Wildman–Crippen LogP) is 2.37. The van der Waals surface area contributed by atoms with E-state index < -0.39 is 29.0 Å². The standard InChI is InChI=1S/C20H20F2N2O4/c1-20-10-11(18(26)23-13-4-6-27-7-5-13)2-3-16(20)28-19(24-20)12-8-14(21)17(22)15(25)9-12/h2-3,8-10,13,16,25H,4-7H2,1H3,(H,23,26). The van der Waals surface area contributed by atoms with Crippen molar-refractivity contribution in [3.05, 3.63) is 53.1 Å². The van der Waals surface area contributed by atoms with E-state index in [1.54, 1.807) is 25.2 Å². The number of fused-ring (bicyclic) bond motifs is 1. The highest BCUT2D eigenvalue weighted by Gasteiger charge is 2.42. The Morgan fingerprint density at radius 3 is 2.79 bits per heavy atom. The van der Waals surface area contributed by atoms with E-state index in [4.69, 9.17) is 9.47 Å². The quantitative estimate of drug-likeness (QED) is 0.831. The molecule has 1 fully saturated rings. The number of rotatable bonds is 3. The van der Waals surface area contributed by atoms with Crippen LogP contribution in [0.3, 0.4) is 0 Å². The number of nitrogens with one attached hydrogen (secondary N) is 1. The van der Waals surface area contributed by atoms with Crippen LogP contribution in [0.5, 0.6) is 5.75 Å². The number of hydrogen-bond donors (Lipinski definition) is 2. The summed E-state index contributed by atoms with van der Waals surface area (Å²) in [5.74, 6) is -3.45. The average Bonchev–Trinajstić information content (AvgIpc) is 3.03. The number of hydrogen-bond acceptors (Lipinski definition) is 5. The molecule has 0 radical (unpaired) electrons. The van der Waals surface area contributed by atoms with Crippen molar-refractivity contribution in [2.45, 2.75) is 37.5 Å². The Bertz CT molecular complexity index is 882. The van der Waals surface area contributed by atoms with Gasteiger partial charge in [0.05, 0.1) is 0 Å². The Morgan fingerprint density at radius 1 is 1.32 bits per heavy atom. The van der Waals surface area contributed by atoms with Gasteiger partial charge in [0.25, 0.3) is 5.91 Å². The normalized spacial score (nSPS) is 26.9. The second-order valence-electron chi connectivity index (χ2n) is 7.29. The van der Waals surface area contributed by atoms with E-state index in [0.717, 1.165) is 25.0 Å². The highest BCUT2D eigenvalue weighted by atomic mass is 19.2. The molecule has 0 aromatic heterocycles. The zero-order valence-electron chi connectivity index (χ0n) is 15.2. The van der Waals surface area contributed by atoms with Crippen molar-refractivity contribution in [2.75, 3.05) is 13.2 Å². The van der Waals surface area contributed by atoms with Crippen molar-refractivity contribution in [2.24, 2.45) is 4.99 Å². The summed E-state index contributed by atoms with van der Waals surface area (Å²) in [6.45, 7) is 3.04. The largest absolute Gasteiger partial charge is 0.505 e. The molecule has 6 nitrogen and oxygen atoms in total. The molecule has 8 heteroatoms. The first-order valence-corrected chi connectivity index (χ1v) is 9.10. The Labute approximate surface area is 160 Å². The molecule has 2 N–H and O–H groups in total. The molecule has 1 saturated heterocycles. The summed E-state index contributed by atoms with van der Waals surface area (Å²) in [7, 11) is 0. The molecule has 148 valence electrons. The summed E-state index contributed by atoms with van der Waals surface area (Å²) >= 11 is 0. The number of ether oxygens (including phenoxy) is 2. The summed E-state index contributed by atoms with van der Waals surface area (Å²) in [6, 6.07) is 2.05. The third kappa shape index (κ3) is 3.40. The molecule has 1 aromatic rings. The van der Waals surface area contributed by atoms with Crippen LogP contribution in [0, 0.1) is 11.6 Å². The molecule has 0 saturated carbocycles. The predicted molar refractivity (Wildman–Crippen MR) is 97.0 cm³/mol. The summed E-state index contributed by atoms with van der Waals surface area (Å²) in [5.41, 5.74) is -0.276. The Balaban J connectivity index is 1.56. The molecule has 2 heterocycles. The Kier molecular flexibility index (Phi) is 4.66. The number of aliphatic imine (C=N–C) groups is 1. The Morgan fingerprint density at radius 2 is 2.07 bits per heavy atom. The summed E-state index contributed by atoms with van der Waals surface area (Å²) in [6.07, 6.45) is 6.15. The highest BCUT2D eigenvalue weighted by molar-refractivity contribution is 5.99. The number of amides is 1. The minimum Gasteiger partial charge on any atom is -0.505 e. The fraction of sp³-hybridized carbons (Fsp3) is 0.400. The van der Waals surface area contributed by atoms with E-state index in [1.165, 1.54) is 0 Å². The van der Waals surface area contributed by atoms with Crippen LogP contribution in [-0.2, 0) is 14.3 Å². The zero-order valence-corrected chi connectivity index (χ0v) is 15.2. The number of nitrogens with zero attached hydrogens (tertiary/aromatic N) is 1. The van der Waals surface area contributed by atoms with Crippen LogP contribution in [0.1, 0.15) is 25.3 Å². The number of phenols is 1. The lowest BCUT2D eigenvalue weighted by atomic mass is 9.88. The van der Waals surface area contributed by atoms with Gasteiger partial charge < -0.3 is 19.9 Å². The van der Waals surface area contributed by atoms with Crippen molar-refractivity contribution in [1.29, 1.82) is 0 Å². The average molecular weight is 390 g/mol. The smallest absolute Gasteiger partial charge is 0.251 e. The maximum atomic E-state index is 13.6. The van der Waals surface area contributed by atoms with Crippen LogP contribution >= 0.6 is 0 Å². The van der Waals surface area contributed by atoms with E-state index >= 15 is 0 Å². The van der Waals surface area contributed by atoms with Gasteiger partial charge in [-0.25, -0.2) is 9.38 Å². The molecule has 4 rings (SSSR count). The highest BCUT2D eigenvalue weighted by Crippen LogP contribution is 2.35. The lowest BCUT2D eigenvalue weighted by Crippen LogP contribution is -2.41. The van der Waals surface area contributed by atoms with Gasteiger partial charge in [-0.1, -0.05) is 0 Å². The summed E-state index contributed by atoms with van der Waals surface area (Å²) < 4.78 is 38.0. The molecule has 2 aliphatic heterocycles. The topological polar surface area (TPSA) is 80.2 Å². The minimum absolute atomic E-state index is 0.0742. The van der Waals surface area contributed by atoms with Gasteiger partial charge in [0.2, 0.25) is 5.90 Å². The first kappa shape index (κ1) is 18.6. The molecule has 2 atom stereocenters. The van der Waals surface area contributed by atoms with Crippen LogP contribution in [0.25, 0.3) is 0 Å². The maximum absolute atomic E-state index is 13.6. The van der Waals surface area contributed by atoms with Crippen LogP contribution in [0.2, 0.25) is 0 Å². The number of halogens is 2. The zero-order chi connectivity index (χ0) is 19.9. The number of carbonyl (C=O) groups excluding carboxylic acids is 1. The molecule has 2 unspecified atom stereocenters. The van der Waals surface area contributed by atoms with Crippen LogP contribution in [0.15, 0.2) is 40.9 Å².